The van der Waals surface area contributed by atoms with Gasteiger partial charge in [-0.2, -0.15) is 13.2 Å². The van der Waals surface area contributed by atoms with Crippen molar-refractivity contribution < 1.29 is 27.8 Å². The van der Waals surface area contributed by atoms with E-state index in [4.69, 9.17) is 5.11 Å². The molecule has 1 aromatic rings. The van der Waals surface area contributed by atoms with E-state index >= 15 is 0 Å². The highest BCUT2D eigenvalue weighted by Crippen LogP contribution is 2.19. The standard InChI is InChI=1S/C15H20F3NO3/c1-3-10(2)13(14(20)21)19-8-11-4-6-12(7-5-11)22-9-15(16,17)18/h4-7,10,13,19H,3,8-9H2,1-2H3,(H,20,21)/t10-,13-/m0/s1. The summed E-state index contributed by atoms with van der Waals surface area (Å²) in [6.07, 6.45) is -3.64. The van der Waals surface area contributed by atoms with Gasteiger partial charge in [-0.25, -0.2) is 0 Å². The zero-order valence-corrected chi connectivity index (χ0v) is 12.5. The van der Waals surface area contributed by atoms with Gasteiger partial charge < -0.3 is 15.2 Å². The van der Waals surface area contributed by atoms with Crippen LogP contribution in [0.4, 0.5) is 13.2 Å². The molecule has 22 heavy (non-hydrogen) atoms. The molecule has 1 aromatic carbocycles. The second-order valence-electron chi connectivity index (χ2n) is 5.13. The third kappa shape index (κ3) is 6.34. The molecule has 0 aliphatic rings. The van der Waals surface area contributed by atoms with Crippen LogP contribution in [0.2, 0.25) is 0 Å². The molecular weight excluding hydrogens is 299 g/mol. The highest BCUT2D eigenvalue weighted by molar-refractivity contribution is 5.73. The van der Waals surface area contributed by atoms with Crippen LogP contribution in [-0.4, -0.2) is 29.9 Å². The van der Waals surface area contributed by atoms with Crippen molar-refractivity contribution in [1.82, 2.24) is 5.32 Å². The Morgan fingerprint density at radius 1 is 1.32 bits per heavy atom. The molecule has 0 saturated carbocycles. The number of carboxylic acid groups (broad SMARTS) is 1. The predicted molar refractivity (Wildman–Crippen MR) is 75.7 cm³/mol. The molecule has 0 heterocycles. The average Bonchev–Trinajstić information content (AvgIpc) is 2.45. The molecule has 124 valence electrons. The van der Waals surface area contributed by atoms with E-state index in [1.165, 1.54) is 12.1 Å². The number of rotatable bonds is 8. The SMILES string of the molecule is CC[C@H](C)[C@H](NCc1ccc(OCC(F)(F)F)cc1)C(=O)O. The van der Waals surface area contributed by atoms with Crippen LogP contribution in [0.15, 0.2) is 24.3 Å². The predicted octanol–water partition coefficient (Wildman–Crippen LogP) is 3.22. The largest absolute Gasteiger partial charge is 0.484 e. The molecule has 0 unspecified atom stereocenters. The van der Waals surface area contributed by atoms with Crippen LogP contribution in [0.25, 0.3) is 0 Å². The van der Waals surface area contributed by atoms with Crippen LogP contribution >= 0.6 is 0 Å². The third-order valence-electron chi connectivity index (χ3n) is 3.33. The minimum Gasteiger partial charge on any atom is -0.484 e. The van der Waals surface area contributed by atoms with E-state index in [0.717, 1.165) is 12.0 Å². The molecule has 0 aliphatic heterocycles. The lowest BCUT2D eigenvalue weighted by molar-refractivity contribution is -0.153. The first-order chi connectivity index (χ1) is 10.2. The number of halogens is 3. The third-order valence-corrected chi connectivity index (χ3v) is 3.33. The summed E-state index contributed by atoms with van der Waals surface area (Å²) in [6.45, 7) is 2.75. The molecule has 2 N–H and O–H groups in total. The second-order valence-corrected chi connectivity index (χ2v) is 5.13. The fourth-order valence-electron chi connectivity index (χ4n) is 1.86. The van der Waals surface area contributed by atoms with Crippen LogP contribution < -0.4 is 10.1 Å². The van der Waals surface area contributed by atoms with Gasteiger partial charge in [0, 0.05) is 6.54 Å². The lowest BCUT2D eigenvalue weighted by Crippen LogP contribution is -2.41. The number of ether oxygens (including phenoxy) is 1. The molecular formula is C15H20F3NO3. The van der Waals surface area contributed by atoms with Gasteiger partial charge in [0.25, 0.3) is 0 Å². The molecule has 0 radical (unpaired) electrons. The van der Waals surface area contributed by atoms with Gasteiger partial charge in [0.05, 0.1) is 0 Å². The number of hydrogen-bond acceptors (Lipinski definition) is 3. The normalized spacial score (nSPS) is 14.4. The van der Waals surface area contributed by atoms with E-state index in [1.54, 1.807) is 12.1 Å². The van der Waals surface area contributed by atoms with E-state index in [2.05, 4.69) is 10.1 Å². The van der Waals surface area contributed by atoms with Crippen molar-refractivity contribution in [3.63, 3.8) is 0 Å². The lowest BCUT2D eigenvalue weighted by Gasteiger charge is -2.20. The Balaban J connectivity index is 2.55. The van der Waals surface area contributed by atoms with Crippen LogP contribution in [0.3, 0.4) is 0 Å². The van der Waals surface area contributed by atoms with Gasteiger partial charge in [-0.15, -0.1) is 0 Å². The zero-order valence-electron chi connectivity index (χ0n) is 12.5. The van der Waals surface area contributed by atoms with Gasteiger partial charge in [-0.1, -0.05) is 32.4 Å². The quantitative estimate of drug-likeness (QED) is 0.772. The van der Waals surface area contributed by atoms with Crippen molar-refractivity contribution >= 4 is 5.97 Å². The molecule has 7 heteroatoms. The Morgan fingerprint density at radius 2 is 1.91 bits per heavy atom. The number of hydrogen-bond donors (Lipinski definition) is 2. The maximum atomic E-state index is 12.0. The number of benzene rings is 1. The summed E-state index contributed by atoms with van der Waals surface area (Å²) in [7, 11) is 0. The average molecular weight is 319 g/mol. The molecule has 4 nitrogen and oxygen atoms in total. The topological polar surface area (TPSA) is 58.6 Å². The Hall–Kier alpha value is -1.76. The molecule has 0 bridgehead atoms. The van der Waals surface area contributed by atoms with Gasteiger partial charge in [-0.3, -0.25) is 4.79 Å². The van der Waals surface area contributed by atoms with Crippen molar-refractivity contribution in [2.45, 2.75) is 39.0 Å². The number of alkyl halides is 3. The summed E-state index contributed by atoms with van der Waals surface area (Å²) in [4.78, 5) is 11.2. The monoisotopic (exact) mass is 319 g/mol. The summed E-state index contributed by atoms with van der Waals surface area (Å²) >= 11 is 0. The first kappa shape index (κ1) is 18.3. The highest BCUT2D eigenvalue weighted by atomic mass is 19.4. The Kier molecular flexibility index (Phi) is 6.67. The molecule has 0 fully saturated rings. The summed E-state index contributed by atoms with van der Waals surface area (Å²) in [6, 6.07) is 5.41. The van der Waals surface area contributed by atoms with Crippen molar-refractivity contribution in [1.29, 1.82) is 0 Å². The fraction of sp³-hybridized carbons (Fsp3) is 0.533. The molecule has 0 aliphatic carbocycles. The van der Waals surface area contributed by atoms with Crippen molar-refractivity contribution in [3.05, 3.63) is 29.8 Å². The minimum absolute atomic E-state index is 0.0214. The van der Waals surface area contributed by atoms with Gasteiger partial charge in [0.15, 0.2) is 6.61 Å². The maximum Gasteiger partial charge on any atom is 0.422 e. The Bertz CT molecular complexity index is 474. The van der Waals surface area contributed by atoms with Gasteiger partial charge in [0.2, 0.25) is 0 Å². The fourth-order valence-corrected chi connectivity index (χ4v) is 1.86. The summed E-state index contributed by atoms with van der Waals surface area (Å²) < 4.78 is 40.7. The molecule has 0 spiro atoms. The van der Waals surface area contributed by atoms with E-state index in [0.29, 0.717) is 6.54 Å². The van der Waals surface area contributed by atoms with Gasteiger partial charge >= 0.3 is 12.1 Å². The zero-order chi connectivity index (χ0) is 16.8. The van der Waals surface area contributed by atoms with Crippen LogP contribution in [0.1, 0.15) is 25.8 Å². The number of carboxylic acids is 1. The van der Waals surface area contributed by atoms with Crippen LogP contribution in [0.5, 0.6) is 5.75 Å². The summed E-state index contributed by atoms with van der Waals surface area (Å²) in [5, 5.41) is 12.1. The molecule has 0 aromatic heterocycles. The second kappa shape index (κ2) is 8.03. The van der Waals surface area contributed by atoms with Crippen LogP contribution in [0, 0.1) is 5.92 Å². The number of aliphatic carboxylic acids is 1. The molecule has 2 atom stereocenters. The first-order valence-corrected chi connectivity index (χ1v) is 6.97. The van der Waals surface area contributed by atoms with Crippen molar-refractivity contribution in [2.24, 2.45) is 5.92 Å². The Morgan fingerprint density at radius 3 is 2.36 bits per heavy atom. The van der Waals surface area contributed by atoms with Crippen molar-refractivity contribution in [3.8, 4) is 5.75 Å². The lowest BCUT2D eigenvalue weighted by atomic mass is 9.99. The Labute approximate surface area is 127 Å². The summed E-state index contributed by atoms with van der Waals surface area (Å²) in [5.41, 5.74) is 0.772. The number of carbonyl (C=O) groups is 1. The smallest absolute Gasteiger partial charge is 0.422 e. The van der Waals surface area contributed by atoms with E-state index < -0.39 is 24.8 Å². The van der Waals surface area contributed by atoms with E-state index in [9.17, 15) is 18.0 Å². The summed E-state index contributed by atoms with van der Waals surface area (Å²) in [5.74, 6) is -0.816. The minimum atomic E-state index is -4.37. The van der Waals surface area contributed by atoms with E-state index in [1.807, 2.05) is 13.8 Å². The molecule has 0 saturated heterocycles. The van der Waals surface area contributed by atoms with Crippen LogP contribution in [-0.2, 0) is 11.3 Å². The molecule has 1 rings (SSSR count). The number of nitrogens with one attached hydrogen (secondary N) is 1. The van der Waals surface area contributed by atoms with Gasteiger partial charge in [-0.05, 0) is 23.6 Å². The first-order valence-electron chi connectivity index (χ1n) is 6.97. The maximum absolute atomic E-state index is 12.0. The van der Waals surface area contributed by atoms with Crippen molar-refractivity contribution in [2.75, 3.05) is 6.61 Å². The molecule has 0 amide bonds. The van der Waals surface area contributed by atoms with E-state index in [-0.39, 0.29) is 11.7 Å². The van der Waals surface area contributed by atoms with Gasteiger partial charge in [0.1, 0.15) is 11.8 Å². The highest BCUT2D eigenvalue weighted by Gasteiger charge is 2.28.